The fourth-order valence-corrected chi connectivity index (χ4v) is 3.85. The Balaban J connectivity index is 2.65. The summed E-state index contributed by atoms with van der Waals surface area (Å²) < 4.78 is 13.6. The zero-order valence-electron chi connectivity index (χ0n) is 12.6. The third kappa shape index (κ3) is 2.67. The van der Waals surface area contributed by atoms with E-state index in [2.05, 4.69) is 49.7 Å². The molecule has 0 heterocycles. The van der Waals surface area contributed by atoms with Gasteiger partial charge in [-0.05, 0) is 85.7 Å². The third-order valence-corrected chi connectivity index (χ3v) is 5.14. The molecule has 0 bridgehead atoms. The van der Waals surface area contributed by atoms with Gasteiger partial charge in [0.05, 0.1) is 4.83 Å². The highest BCUT2D eigenvalue weighted by Crippen LogP contribution is 2.38. The standard InChI is InChI=1S/C18H20BrF/c1-10-6-7-15(20)9-16(10)18(19)17-13(4)11(2)8-12(3)14(17)5/h6-9,18H,1-5H3. The van der Waals surface area contributed by atoms with Crippen LogP contribution in [0.3, 0.4) is 0 Å². The van der Waals surface area contributed by atoms with E-state index in [1.54, 1.807) is 6.07 Å². The molecular formula is C18H20BrF. The molecule has 0 aliphatic carbocycles. The zero-order chi connectivity index (χ0) is 15.0. The van der Waals surface area contributed by atoms with Crippen LogP contribution in [-0.4, -0.2) is 0 Å². The predicted octanol–water partition coefficient (Wildman–Crippen LogP) is 5.85. The first-order chi connectivity index (χ1) is 9.32. The highest BCUT2D eigenvalue weighted by atomic mass is 79.9. The normalized spacial score (nSPS) is 12.6. The highest BCUT2D eigenvalue weighted by Gasteiger charge is 2.19. The van der Waals surface area contributed by atoms with E-state index in [4.69, 9.17) is 0 Å². The topological polar surface area (TPSA) is 0 Å². The number of alkyl halides is 1. The second-order valence-corrected chi connectivity index (χ2v) is 6.45. The molecule has 2 aromatic carbocycles. The van der Waals surface area contributed by atoms with Crippen molar-refractivity contribution in [2.45, 2.75) is 39.4 Å². The molecule has 2 rings (SSSR count). The number of hydrogen-bond acceptors (Lipinski definition) is 0. The monoisotopic (exact) mass is 334 g/mol. The number of rotatable bonds is 2. The summed E-state index contributed by atoms with van der Waals surface area (Å²) in [6, 6.07) is 7.20. The van der Waals surface area contributed by atoms with Crippen LogP contribution in [0.15, 0.2) is 24.3 Å². The minimum atomic E-state index is -0.185. The van der Waals surface area contributed by atoms with Gasteiger partial charge in [-0.25, -0.2) is 4.39 Å². The molecule has 2 heteroatoms. The van der Waals surface area contributed by atoms with Crippen molar-refractivity contribution in [2.24, 2.45) is 0 Å². The van der Waals surface area contributed by atoms with Crippen molar-refractivity contribution in [3.05, 3.63) is 69.0 Å². The van der Waals surface area contributed by atoms with Crippen molar-refractivity contribution in [1.29, 1.82) is 0 Å². The van der Waals surface area contributed by atoms with Crippen LogP contribution in [0.1, 0.15) is 43.8 Å². The van der Waals surface area contributed by atoms with E-state index in [0.29, 0.717) is 0 Å². The molecule has 0 amide bonds. The number of aryl methyl sites for hydroxylation is 3. The highest BCUT2D eigenvalue weighted by molar-refractivity contribution is 9.09. The van der Waals surface area contributed by atoms with Crippen molar-refractivity contribution >= 4 is 15.9 Å². The Morgan fingerprint density at radius 1 is 0.850 bits per heavy atom. The van der Waals surface area contributed by atoms with Crippen molar-refractivity contribution < 1.29 is 4.39 Å². The fraction of sp³-hybridized carbons (Fsp3) is 0.333. The maximum absolute atomic E-state index is 13.6. The minimum absolute atomic E-state index is 0.0248. The van der Waals surface area contributed by atoms with E-state index in [1.807, 2.05) is 13.0 Å². The maximum atomic E-state index is 13.6. The summed E-state index contributed by atoms with van der Waals surface area (Å²) >= 11 is 3.78. The second kappa shape index (κ2) is 5.69. The van der Waals surface area contributed by atoms with Crippen LogP contribution in [0.2, 0.25) is 0 Å². The Kier molecular flexibility index (Phi) is 4.33. The average molecular weight is 335 g/mol. The Bertz CT molecular complexity index is 633. The average Bonchev–Trinajstić information content (AvgIpc) is 2.39. The summed E-state index contributed by atoms with van der Waals surface area (Å²) in [5.74, 6) is -0.185. The van der Waals surface area contributed by atoms with Crippen LogP contribution in [0.25, 0.3) is 0 Å². The summed E-state index contributed by atoms with van der Waals surface area (Å²) in [6.07, 6.45) is 0. The van der Waals surface area contributed by atoms with Gasteiger partial charge in [-0.2, -0.15) is 0 Å². The predicted molar refractivity (Wildman–Crippen MR) is 87.3 cm³/mol. The molecule has 0 fully saturated rings. The lowest BCUT2D eigenvalue weighted by atomic mass is 9.89. The molecule has 0 spiro atoms. The fourth-order valence-electron chi connectivity index (χ4n) is 2.67. The van der Waals surface area contributed by atoms with E-state index in [1.165, 1.54) is 33.9 Å². The largest absolute Gasteiger partial charge is 0.207 e. The second-order valence-electron chi connectivity index (χ2n) is 5.54. The van der Waals surface area contributed by atoms with Gasteiger partial charge in [-0.15, -0.1) is 0 Å². The lowest BCUT2D eigenvalue weighted by Crippen LogP contribution is -2.05. The van der Waals surface area contributed by atoms with Gasteiger partial charge in [0.15, 0.2) is 0 Å². The first kappa shape index (κ1) is 15.2. The zero-order valence-corrected chi connectivity index (χ0v) is 14.2. The summed E-state index contributed by atoms with van der Waals surface area (Å²) in [5.41, 5.74) is 8.48. The summed E-state index contributed by atoms with van der Waals surface area (Å²) in [5, 5.41) is 0. The molecule has 106 valence electrons. The molecule has 0 N–H and O–H groups in total. The smallest absolute Gasteiger partial charge is 0.123 e. The van der Waals surface area contributed by atoms with Crippen LogP contribution in [-0.2, 0) is 0 Å². The van der Waals surface area contributed by atoms with E-state index < -0.39 is 0 Å². The first-order valence-electron chi connectivity index (χ1n) is 6.80. The molecule has 20 heavy (non-hydrogen) atoms. The van der Waals surface area contributed by atoms with Crippen LogP contribution in [0, 0.1) is 40.4 Å². The number of benzene rings is 2. The molecule has 1 unspecified atom stereocenters. The van der Waals surface area contributed by atoms with E-state index in [0.717, 1.165) is 11.1 Å². The summed E-state index contributed by atoms with van der Waals surface area (Å²) in [6.45, 7) is 10.6. The molecular weight excluding hydrogens is 315 g/mol. The van der Waals surface area contributed by atoms with Crippen molar-refractivity contribution in [3.8, 4) is 0 Å². The molecule has 1 atom stereocenters. The number of hydrogen-bond donors (Lipinski definition) is 0. The first-order valence-corrected chi connectivity index (χ1v) is 7.72. The van der Waals surface area contributed by atoms with Crippen LogP contribution in [0.4, 0.5) is 4.39 Å². The van der Waals surface area contributed by atoms with E-state index >= 15 is 0 Å². The molecule has 0 aromatic heterocycles. The summed E-state index contributed by atoms with van der Waals surface area (Å²) in [4.78, 5) is 0.0248. The maximum Gasteiger partial charge on any atom is 0.123 e. The quantitative estimate of drug-likeness (QED) is 0.604. The van der Waals surface area contributed by atoms with E-state index in [9.17, 15) is 4.39 Å². The van der Waals surface area contributed by atoms with Gasteiger partial charge >= 0.3 is 0 Å². The van der Waals surface area contributed by atoms with Crippen LogP contribution >= 0.6 is 15.9 Å². The Labute approximate surface area is 129 Å². The lowest BCUT2D eigenvalue weighted by molar-refractivity contribution is 0.625. The van der Waals surface area contributed by atoms with Crippen LogP contribution < -0.4 is 0 Å². The van der Waals surface area contributed by atoms with Crippen LogP contribution in [0.5, 0.6) is 0 Å². The Hall–Kier alpha value is -1.15. The molecule has 0 saturated heterocycles. The van der Waals surface area contributed by atoms with Gasteiger partial charge < -0.3 is 0 Å². The summed E-state index contributed by atoms with van der Waals surface area (Å²) in [7, 11) is 0. The van der Waals surface area contributed by atoms with Gasteiger partial charge in [0, 0.05) is 0 Å². The molecule has 0 aliphatic heterocycles. The van der Waals surface area contributed by atoms with Gasteiger partial charge in [-0.1, -0.05) is 28.1 Å². The molecule has 0 saturated carbocycles. The number of halogens is 2. The van der Waals surface area contributed by atoms with Crippen molar-refractivity contribution in [2.75, 3.05) is 0 Å². The van der Waals surface area contributed by atoms with Crippen molar-refractivity contribution in [1.82, 2.24) is 0 Å². The molecule has 0 aliphatic rings. The lowest BCUT2D eigenvalue weighted by Gasteiger charge is -2.21. The molecule has 0 nitrogen and oxygen atoms in total. The van der Waals surface area contributed by atoms with E-state index in [-0.39, 0.29) is 10.6 Å². The Morgan fingerprint density at radius 3 is 1.95 bits per heavy atom. The van der Waals surface area contributed by atoms with Gasteiger partial charge in [0.2, 0.25) is 0 Å². The van der Waals surface area contributed by atoms with Crippen molar-refractivity contribution in [3.63, 3.8) is 0 Å². The molecule has 2 aromatic rings. The van der Waals surface area contributed by atoms with Gasteiger partial charge in [-0.3, -0.25) is 0 Å². The van der Waals surface area contributed by atoms with Gasteiger partial charge in [0.1, 0.15) is 5.82 Å². The minimum Gasteiger partial charge on any atom is -0.207 e. The van der Waals surface area contributed by atoms with Gasteiger partial charge in [0.25, 0.3) is 0 Å². The SMILES string of the molecule is Cc1ccc(F)cc1C(Br)c1c(C)c(C)cc(C)c1C. The third-order valence-electron chi connectivity index (χ3n) is 4.19. The Morgan fingerprint density at radius 2 is 1.40 bits per heavy atom. The molecule has 0 radical (unpaired) electrons.